The van der Waals surface area contributed by atoms with Gasteiger partial charge in [-0.05, 0) is 48.1 Å². The van der Waals surface area contributed by atoms with Crippen molar-refractivity contribution in [2.75, 3.05) is 32.8 Å². The van der Waals surface area contributed by atoms with Crippen LogP contribution < -0.4 is 15.4 Å². The summed E-state index contributed by atoms with van der Waals surface area (Å²) in [7, 11) is 0. The van der Waals surface area contributed by atoms with E-state index in [0.717, 1.165) is 18.4 Å². The van der Waals surface area contributed by atoms with Gasteiger partial charge >= 0.3 is 5.97 Å². The molecule has 3 aliphatic heterocycles. The number of nitrogens with one attached hydrogen (secondary N) is 2. The highest BCUT2D eigenvalue weighted by molar-refractivity contribution is 6.00. The van der Waals surface area contributed by atoms with Crippen LogP contribution in [-0.2, 0) is 20.9 Å². The molecule has 2 aromatic rings. The van der Waals surface area contributed by atoms with Crippen molar-refractivity contribution in [3.8, 4) is 5.75 Å². The molecule has 45 heavy (non-hydrogen) atoms. The summed E-state index contributed by atoms with van der Waals surface area (Å²) in [6, 6.07) is 12.8. The number of amides is 3. The molecule has 5 rings (SSSR count). The van der Waals surface area contributed by atoms with Crippen LogP contribution in [0.4, 0.5) is 0 Å². The number of para-hydroxylation sites is 1. The highest BCUT2D eigenvalue weighted by Crippen LogP contribution is 2.27. The molecule has 242 valence electrons. The zero-order valence-electron chi connectivity index (χ0n) is 26.3. The van der Waals surface area contributed by atoms with E-state index in [4.69, 9.17) is 9.47 Å². The monoisotopic (exact) mass is 620 g/mol. The Morgan fingerprint density at radius 2 is 1.78 bits per heavy atom. The second-order valence-corrected chi connectivity index (χ2v) is 13.4. The molecule has 2 fully saturated rings. The van der Waals surface area contributed by atoms with Gasteiger partial charge in [0.1, 0.15) is 11.8 Å². The summed E-state index contributed by atoms with van der Waals surface area (Å²) in [5.74, 6) is -1.12. The molecule has 0 radical (unpaired) electrons. The van der Waals surface area contributed by atoms with Crippen molar-refractivity contribution in [2.24, 2.45) is 5.41 Å². The third kappa shape index (κ3) is 8.40. The lowest BCUT2D eigenvalue weighted by atomic mass is 9.91. The maximum Gasteiger partial charge on any atom is 0.335 e. The van der Waals surface area contributed by atoms with E-state index in [2.05, 4.69) is 15.5 Å². The molecular weight excluding hydrogens is 576 g/mol. The first kappa shape index (κ1) is 32.4. The van der Waals surface area contributed by atoms with Gasteiger partial charge in [-0.2, -0.15) is 0 Å². The normalized spacial score (nSPS) is 24.7. The Bertz CT molecular complexity index is 1390. The Labute approximate surface area is 264 Å². The standard InChI is InChI=1S/C34H44N4O7/c1-34(2,3)18-30(39)36-26-13-12-24-14-17-44-28-7-5-4-6-25(28)32(41)38-16-15-37(20-22-8-10-23(11-9-22)33(42)43)21-27(38)31(40)35-19-29(26)45-24/h4-11,24,26-27,29H,12-21H2,1-3H3,(H,35,40)(H,36,39)(H,42,43)/t24-,26+,27-,29+/m0/s1. The van der Waals surface area contributed by atoms with Gasteiger partial charge in [0.25, 0.3) is 5.91 Å². The van der Waals surface area contributed by atoms with Crippen LogP contribution in [0.1, 0.15) is 72.7 Å². The van der Waals surface area contributed by atoms with Gasteiger partial charge in [0.2, 0.25) is 11.8 Å². The maximum atomic E-state index is 14.0. The molecule has 11 nitrogen and oxygen atoms in total. The van der Waals surface area contributed by atoms with Gasteiger partial charge in [0, 0.05) is 45.6 Å². The highest BCUT2D eigenvalue weighted by atomic mass is 16.5. The summed E-state index contributed by atoms with van der Waals surface area (Å²) < 4.78 is 12.6. The largest absolute Gasteiger partial charge is 0.493 e. The van der Waals surface area contributed by atoms with Crippen molar-refractivity contribution < 1.29 is 33.8 Å². The Balaban J connectivity index is 1.37. The number of carbonyl (C=O) groups excluding carboxylic acids is 3. The topological polar surface area (TPSA) is 138 Å². The van der Waals surface area contributed by atoms with E-state index in [0.29, 0.717) is 56.9 Å². The lowest BCUT2D eigenvalue weighted by Crippen LogP contribution is -2.62. The van der Waals surface area contributed by atoms with E-state index in [1.165, 1.54) is 0 Å². The van der Waals surface area contributed by atoms with Gasteiger partial charge in [-0.3, -0.25) is 19.3 Å². The van der Waals surface area contributed by atoms with Gasteiger partial charge in [-0.15, -0.1) is 0 Å². The van der Waals surface area contributed by atoms with Crippen molar-refractivity contribution in [3.05, 3.63) is 65.2 Å². The summed E-state index contributed by atoms with van der Waals surface area (Å²) in [6.07, 6.45) is 1.93. The number of ether oxygens (including phenoxy) is 2. The summed E-state index contributed by atoms with van der Waals surface area (Å²) in [6.45, 7) is 8.28. The predicted molar refractivity (Wildman–Crippen MR) is 167 cm³/mol. The molecule has 3 aliphatic rings. The summed E-state index contributed by atoms with van der Waals surface area (Å²) in [5.41, 5.74) is 1.37. The quantitative estimate of drug-likeness (QED) is 0.464. The number of rotatable bonds is 5. The second-order valence-electron chi connectivity index (χ2n) is 13.4. The van der Waals surface area contributed by atoms with Crippen molar-refractivity contribution >= 4 is 23.7 Å². The molecule has 2 saturated heterocycles. The van der Waals surface area contributed by atoms with Gasteiger partial charge < -0.3 is 30.1 Å². The van der Waals surface area contributed by atoms with E-state index in [9.17, 15) is 24.3 Å². The van der Waals surface area contributed by atoms with E-state index < -0.39 is 18.1 Å². The molecule has 3 heterocycles. The zero-order valence-corrected chi connectivity index (χ0v) is 26.3. The van der Waals surface area contributed by atoms with Crippen LogP contribution in [0.5, 0.6) is 5.75 Å². The number of fused-ring (bicyclic) bond motifs is 4. The summed E-state index contributed by atoms with van der Waals surface area (Å²) in [4.78, 5) is 55.7. The average molecular weight is 621 g/mol. The average Bonchev–Trinajstić information content (AvgIpc) is 2.99. The smallest absolute Gasteiger partial charge is 0.335 e. The molecule has 0 saturated carbocycles. The van der Waals surface area contributed by atoms with Crippen molar-refractivity contribution in [1.29, 1.82) is 0 Å². The third-order valence-electron chi connectivity index (χ3n) is 8.58. The Kier molecular flexibility index (Phi) is 10.1. The van der Waals surface area contributed by atoms with E-state index in [1.54, 1.807) is 47.4 Å². The number of carbonyl (C=O) groups is 4. The summed E-state index contributed by atoms with van der Waals surface area (Å²) in [5, 5.41) is 15.4. The molecule has 0 unspecified atom stereocenters. The van der Waals surface area contributed by atoms with Crippen LogP contribution in [0.15, 0.2) is 48.5 Å². The molecule has 2 aromatic carbocycles. The molecular formula is C34H44N4O7. The molecule has 0 aromatic heterocycles. The second kappa shape index (κ2) is 14.0. The van der Waals surface area contributed by atoms with E-state index in [1.807, 2.05) is 26.8 Å². The highest BCUT2D eigenvalue weighted by Gasteiger charge is 2.39. The SMILES string of the molecule is CC(C)(C)CC(=O)N[C@@H]1CC[C@H]2CCOc3ccccc3C(=O)N3CCN(Cc4ccc(C(=O)O)cc4)C[C@H]3C(=O)NC[C@H]1O2. The van der Waals surface area contributed by atoms with Crippen LogP contribution in [-0.4, -0.2) is 95.7 Å². The van der Waals surface area contributed by atoms with Crippen molar-refractivity contribution in [2.45, 2.75) is 77.3 Å². The molecule has 2 bridgehead atoms. The lowest BCUT2D eigenvalue weighted by molar-refractivity contribution is -0.131. The number of aromatic carboxylic acids is 1. The molecule has 11 heteroatoms. The van der Waals surface area contributed by atoms with Crippen LogP contribution in [0.2, 0.25) is 0 Å². The van der Waals surface area contributed by atoms with Crippen LogP contribution in [0.3, 0.4) is 0 Å². The first-order valence-corrected chi connectivity index (χ1v) is 15.8. The fraction of sp³-hybridized carbons (Fsp3) is 0.529. The number of benzene rings is 2. The Morgan fingerprint density at radius 1 is 1.02 bits per heavy atom. The molecule has 3 amide bonds. The maximum absolute atomic E-state index is 14.0. The van der Waals surface area contributed by atoms with Gasteiger partial charge in [-0.25, -0.2) is 4.79 Å². The number of carboxylic acids is 1. The van der Waals surface area contributed by atoms with Gasteiger partial charge in [-0.1, -0.05) is 45.0 Å². The molecule has 0 aliphatic carbocycles. The minimum absolute atomic E-state index is 0.0451. The predicted octanol–water partition coefficient (Wildman–Crippen LogP) is 3.08. The van der Waals surface area contributed by atoms with Crippen LogP contribution in [0.25, 0.3) is 0 Å². The van der Waals surface area contributed by atoms with Crippen molar-refractivity contribution in [3.63, 3.8) is 0 Å². The molecule has 0 spiro atoms. The number of piperazine rings is 1. The van der Waals surface area contributed by atoms with Gasteiger partial charge in [0.15, 0.2) is 0 Å². The first-order chi connectivity index (χ1) is 21.5. The first-order valence-electron chi connectivity index (χ1n) is 15.8. The lowest BCUT2D eigenvalue weighted by Gasteiger charge is -2.42. The fourth-order valence-electron chi connectivity index (χ4n) is 6.27. The minimum atomic E-state index is -0.987. The van der Waals surface area contributed by atoms with Crippen LogP contribution in [0, 0.1) is 5.41 Å². The van der Waals surface area contributed by atoms with Gasteiger partial charge in [0.05, 0.1) is 36.0 Å². The molecule has 3 N–H and O–H groups in total. The third-order valence-corrected chi connectivity index (χ3v) is 8.58. The zero-order chi connectivity index (χ0) is 32.1. The van der Waals surface area contributed by atoms with E-state index >= 15 is 0 Å². The number of carboxylic acid groups (broad SMARTS) is 1. The van der Waals surface area contributed by atoms with Crippen LogP contribution >= 0.6 is 0 Å². The molecule has 4 atom stereocenters. The Hall–Kier alpha value is -3.96. The number of hydrogen-bond acceptors (Lipinski definition) is 7. The number of hydrogen-bond donors (Lipinski definition) is 3. The fourth-order valence-corrected chi connectivity index (χ4v) is 6.27. The number of nitrogens with zero attached hydrogens (tertiary/aromatic N) is 2. The Morgan fingerprint density at radius 3 is 2.51 bits per heavy atom. The van der Waals surface area contributed by atoms with Crippen molar-refractivity contribution in [1.82, 2.24) is 20.4 Å². The minimum Gasteiger partial charge on any atom is -0.493 e. The van der Waals surface area contributed by atoms with E-state index in [-0.39, 0.29) is 47.4 Å². The summed E-state index contributed by atoms with van der Waals surface area (Å²) >= 11 is 0.